The van der Waals surface area contributed by atoms with Gasteiger partial charge in [0.25, 0.3) is 0 Å². The van der Waals surface area contributed by atoms with Crippen LogP contribution < -0.4 is 0 Å². The lowest BCUT2D eigenvalue weighted by atomic mass is 9.99. The topological polar surface area (TPSA) is 178 Å². The van der Waals surface area contributed by atoms with Gasteiger partial charge in [0.1, 0.15) is 30.5 Å². The van der Waals surface area contributed by atoms with E-state index in [1.54, 1.807) is 0 Å². The smallest absolute Gasteiger partial charge is 0.397 e. The van der Waals surface area contributed by atoms with Gasteiger partial charge in [-0.05, 0) is 64.2 Å². The third-order valence-electron chi connectivity index (χ3n) is 13.3. The molecule has 1 rings (SSSR count). The second kappa shape index (κ2) is 47.6. The minimum Gasteiger partial charge on any atom is -0.457 e. The molecule has 6 unspecified atom stereocenters. The predicted octanol–water partition coefficient (Wildman–Crippen LogP) is 13.9. The van der Waals surface area contributed by atoms with Gasteiger partial charge in [0.05, 0.1) is 19.8 Å². The third kappa shape index (κ3) is 40.7. The summed E-state index contributed by atoms with van der Waals surface area (Å²) in [6, 6.07) is 0. The Labute approximate surface area is 422 Å². The highest BCUT2D eigenvalue weighted by molar-refractivity contribution is 7.80. The maximum atomic E-state index is 12.9. The Morgan fingerprint density at radius 3 is 1.30 bits per heavy atom. The van der Waals surface area contributed by atoms with Crippen molar-refractivity contribution < 1.29 is 56.2 Å². The SMILES string of the molecule is CCCCCCCCC/C=C\CCCCCCCCCC(=O)OC(COCCCCCCCCCCCCCC/C=C\CCCCCCCCCC)COC1OC(CO)C(O)C(OS(=O)(=O)O)C1O. The van der Waals surface area contributed by atoms with Crippen molar-refractivity contribution in [1.29, 1.82) is 0 Å². The van der Waals surface area contributed by atoms with Crippen molar-refractivity contribution in [1.82, 2.24) is 0 Å². The molecule has 1 aliphatic heterocycles. The van der Waals surface area contributed by atoms with Crippen LogP contribution in [0, 0.1) is 0 Å². The average Bonchev–Trinajstić information content (AvgIpc) is 3.32. The van der Waals surface area contributed by atoms with Crippen molar-refractivity contribution in [2.45, 2.75) is 301 Å². The van der Waals surface area contributed by atoms with Crippen LogP contribution in [0.1, 0.15) is 264 Å². The monoisotopic (exact) mass is 1000 g/mol. The van der Waals surface area contributed by atoms with Gasteiger partial charge in [0.2, 0.25) is 0 Å². The van der Waals surface area contributed by atoms with Gasteiger partial charge in [-0.1, -0.05) is 218 Å². The summed E-state index contributed by atoms with van der Waals surface area (Å²) >= 11 is 0. The molecule has 13 heteroatoms. The Morgan fingerprint density at radius 2 is 0.913 bits per heavy atom. The Hall–Kier alpha value is -1.42. The van der Waals surface area contributed by atoms with E-state index in [1.807, 2.05) is 0 Å². The number of esters is 1. The molecular weight excluding hydrogens is 897 g/mol. The lowest BCUT2D eigenvalue weighted by Crippen LogP contribution is -2.60. The quantitative estimate of drug-likeness (QED) is 0.0196. The lowest BCUT2D eigenvalue weighted by molar-refractivity contribution is -0.301. The number of rotatable bonds is 51. The van der Waals surface area contributed by atoms with Crippen LogP contribution in [-0.2, 0) is 38.3 Å². The third-order valence-corrected chi connectivity index (χ3v) is 13.8. The molecule has 4 N–H and O–H groups in total. The van der Waals surface area contributed by atoms with Crippen LogP contribution in [0.15, 0.2) is 24.3 Å². The molecule has 0 amide bonds. The summed E-state index contributed by atoms with van der Waals surface area (Å²) in [4.78, 5) is 12.9. The maximum absolute atomic E-state index is 12.9. The van der Waals surface area contributed by atoms with Crippen LogP contribution in [0.5, 0.6) is 0 Å². The van der Waals surface area contributed by atoms with Crippen LogP contribution in [0.3, 0.4) is 0 Å². The molecular formula is C56H106O12S. The summed E-state index contributed by atoms with van der Waals surface area (Å²) in [5.74, 6) is -0.399. The molecule has 1 heterocycles. The minimum absolute atomic E-state index is 0.0376. The number of unbranched alkanes of at least 4 members (excludes halogenated alkanes) is 34. The lowest BCUT2D eigenvalue weighted by Gasteiger charge is -2.41. The predicted molar refractivity (Wildman–Crippen MR) is 281 cm³/mol. The molecule has 1 saturated heterocycles. The van der Waals surface area contributed by atoms with Crippen molar-refractivity contribution in [3.05, 3.63) is 24.3 Å². The average molecular weight is 1000 g/mol. The van der Waals surface area contributed by atoms with E-state index in [9.17, 15) is 33.1 Å². The molecule has 69 heavy (non-hydrogen) atoms. The largest absolute Gasteiger partial charge is 0.457 e. The molecule has 1 aliphatic rings. The van der Waals surface area contributed by atoms with Crippen LogP contribution in [0.4, 0.5) is 0 Å². The number of ether oxygens (including phenoxy) is 4. The molecule has 0 spiro atoms. The highest BCUT2D eigenvalue weighted by atomic mass is 32.3. The van der Waals surface area contributed by atoms with E-state index in [1.165, 1.54) is 193 Å². The number of aliphatic hydroxyl groups excluding tert-OH is 3. The van der Waals surface area contributed by atoms with Gasteiger partial charge in [0, 0.05) is 13.0 Å². The second-order valence-electron chi connectivity index (χ2n) is 19.9. The summed E-state index contributed by atoms with van der Waals surface area (Å²) < 4.78 is 59.4. The van der Waals surface area contributed by atoms with Crippen molar-refractivity contribution in [2.24, 2.45) is 0 Å². The standard InChI is InChI=1S/C56H106O12S/c1-3-5-7-9-11-13-15-17-19-21-23-24-25-26-27-28-30-32-34-36-38-40-42-44-46-64-48-50(49-65-56-54(60)55(68-69(61,62)63)53(59)51(47-57)67-56)66-52(58)45-43-41-39-37-35-33-31-29-22-20-18-16-14-12-10-8-6-4-2/h20-23,50-51,53-57,59-60H,3-19,24-49H2,1-2H3,(H,61,62,63)/b22-20-,23-21-. The molecule has 408 valence electrons. The number of carbonyl (C=O) groups is 1. The van der Waals surface area contributed by atoms with Gasteiger partial charge in [-0.25, -0.2) is 4.18 Å². The zero-order valence-electron chi connectivity index (χ0n) is 44.1. The van der Waals surface area contributed by atoms with Crippen molar-refractivity contribution in [3.8, 4) is 0 Å². The van der Waals surface area contributed by atoms with E-state index in [0.29, 0.717) is 13.0 Å². The summed E-state index contributed by atoms with van der Waals surface area (Å²) in [6.45, 7) is 4.03. The first-order valence-electron chi connectivity index (χ1n) is 28.6. The van der Waals surface area contributed by atoms with E-state index in [-0.39, 0.29) is 19.6 Å². The summed E-state index contributed by atoms with van der Waals surface area (Å²) in [5, 5.41) is 30.8. The molecule has 0 radical (unpaired) electrons. The first-order valence-corrected chi connectivity index (χ1v) is 30.0. The first kappa shape index (κ1) is 65.6. The number of hydrogen-bond donors (Lipinski definition) is 4. The van der Waals surface area contributed by atoms with Gasteiger partial charge < -0.3 is 34.3 Å². The van der Waals surface area contributed by atoms with Gasteiger partial charge >= 0.3 is 16.4 Å². The number of aliphatic hydroxyl groups is 3. The first-order chi connectivity index (χ1) is 33.6. The van der Waals surface area contributed by atoms with E-state index in [2.05, 4.69) is 42.3 Å². The Kier molecular flexibility index (Phi) is 45.2. The Morgan fingerprint density at radius 1 is 0.536 bits per heavy atom. The van der Waals surface area contributed by atoms with Gasteiger partial charge in [0.15, 0.2) is 6.29 Å². The van der Waals surface area contributed by atoms with Gasteiger partial charge in [-0.15, -0.1) is 0 Å². The molecule has 0 saturated carbocycles. The van der Waals surface area contributed by atoms with E-state index in [4.69, 9.17) is 18.9 Å². The van der Waals surface area contributed by atoms with Crippen LogP contribution >= 0.6 is 0 Å². The zero-order chi connectivity index (χ0) is 50.3. The van der Waals surface area contributed by atoms with E-state index >= 15 is 0 Å². The van der Waals surface area contributed by atoms with Crippen molar-refractivity contribution in [2.75, 3.05) is 26.4 Å². The Balaban J connectivity index is 2.29. The van der Waals surface area contributed by atoms with Gasteiger partial charge in [-0.2, -0.15) is 8.42 Å². The number of carbonyl (C=O) groups excluding carboxylic acids is 1. The van der Waals surface area contributed by atoms with E-state index < -0.39 is 59.8 Å². The van der Waals surface area contributed by atoms with Crippen LogP contribution in [0.2, 0.25) is 0 Å². The normalized spacial score (nSPS) is 19.3. The molecule has 6 atom stereocenters. The second-order valence-corrected chi connectivity index (χ2v) is 20.9. The molecule has 0 aromatic rings. The Bertz CT molecular complexity index is 1300. The van der Waals surface area contributed by atoms with Gasteiger partial charge in [-0.3, -0.25) is 9.35 Å². The van der Waals surface area contributed by atoms with Crippen LogP contribution in [-0.4, -0.2) is 97.5 Å². The van der Waals surface area contributed by atoms with E-state index in [0.717, 1.165) is 44.9 Å². The number of hydrogen-bond acceptors (Lipinski definition) is 11. The summed E-state index contributed by atoms with van der Waals surface area (Å²) in [6.07, 6.45) is 47.9. The molecule has 12 nitrogen and oxygen atoms in total. The minimum atomic E-state index is -5.07. The molecule has 1 fully saturated rings. The maximum Gasteiger partial charge on any atom is 0.397 e. The molecule has 0 bridgehead atoms. The summed E-state index contributed by atoms with van der Waals surface area (Å²) in [7, 11) is -5.07. The van der Waals surface area contributed by atoms with Crippen molar-refractivity contribution >= 4 is 16.4 Å². The summed E-state index contributed by atoms with van der Waals surface area (Å²) in [5.41, 5.74) is 0. The zero-order valence-corrected chi connectivity index (χ0v) is 45.0. The molecule has 0 aliphatic carbocycles. The fraction of sp³-hybridized carbons (Fsp3) is 0.911. The highest BCUT2D eigenvalue weighted by Crippen LogP contribution is 2.26. The fourth-order valence-corrected chi connectivity index (χ4v) is 9.47. The highest BCUT2D eigenvalue weighted by Gasteiger charge is 2.48. The molecule has 0 aromatic heterocycles. The fourth-order valence-electron chi connectivity index (χ4n) is 8.96. The molecule has 0 aromatic carbocycles. The number of allylic oxidation sites excluding steroid dienone is 4. The van der Waals surface area contributed by atoms with Crippen LogP contribution in [0.25, 0.3) is 0 Å². The van der Waals surface area contributed by atoms with Crippen molar-refractivity contribution in [3.63, 3.8) is 0 Å².